The molecular formula is C28H24ClN5O2. The Morgan fingerprint density at radius 2 is 1.78 bits per heavy atom. The van der Waals surface area contributed by atoms with Crippen LogP contribution < -0.4 is 5.73 Å². The fourth-order valence-electron chi connectivity index (χ4n) is 5.31. The van der Waals surface area contributed by atoms with E-state index in [4.69, 9.17) is 22.3 Å². The molecule has 0 spiro atoms. The molecule has 3 aromatic heterocycles. The number of carbonyl (C=O) groups is 1. The average molecular weight is 498 g/mol. The van der Waals surface area contributed by atoms with Crippen LogP contribution in [0.25, 0.3) is 44.3 Å². The standard InChI is InChI=1S/C28H24ClN5O2/c29-22-12-18-8-11-23(16-4-2-1-3-5-16)33-24(18)13-20(22)21-14-34(27-25(21)26(30)31-15-32-27)19-9-6-17(7-10-19)28(35)36/h1-5,8,11-15,17,19H,6-7,9-10H2,(H,35,36)(H2,30,31,32). The molecule has 1 fully saturated rings. The maximum absolute atomic E-state index is 11.4. The highest BCUT2D eigenvalue weighted by Gasteiger charge is 2.29. The van der Waals surface area contributed by atoms with Gasteiger partial charge in [-0.05, 0) is 43.9 Å². The number of carboxylic acid groups (broad SMARTS) is 1. The van der Waals surface area contributed by atoms with E-state index in [0.717, 1.165) is 57.2 Å². The minimum atomic E-state index is -0.719. The van der Waals surface area contributed by atoms with Crippen LogP contribution in [0, 0.1) is 5.92 Å². The number of hydrogen-bond donors (Lipinski definition) is 2. The van der Waals surface area contributed by atoms with Gasteiger partial charge >= 0.3 is 5.97 Å². The third-order valence-electron chi connectivity index (χ3n) is 7.22. The molecule has 0 atom stereocenters. The number of fused-ring (bicyclic) bond motifs is 2. The Kier molecular flexibility index (Phi) is 5.57. The van der Waals surface area contributed by atoms with Gasteiger partial charge in [-0.1, -0.05) is 48.0 Å². The Balaban J connectivity index is 1.48. The molecule has 0 aliphatic heterocycles. The first-order chi connectivity index (χ1) is 17.5. The van der Waals surface area contributed by atoms with E-state index in [1.165, 1.54) is 6.33 Å². The van der Waals surface area contributed by atoms with Gasteiger partial charge in [0.15, 0.2) is 0 Å². The van der Waals surface area contributed by atoms with E-state index in [-0.39, 0.29) is 12.0 Å². The van der Waals surface area contributed by atoms with Crippen molar-refractivity contribution in [1.82, 2.24) is 19.5 Å². The molecule has 1 aliphatic carbocycles. The smallest absolute Gasteiger partial charge is 0.306 e. The number of carboxylic acids is 1. The van der Waals surface area contributed by atoms with E-state index < -0.39 is 5.97 Å². The molecule has 0 saturated heterocycles. The topological polar surface area (TPSA) is 107 Å². The summed E-state index contributed by atoms with van der Waals surface area (Å²) < 4.78 is 2.12. The highest BCUT2D eigenvalue weighted by Crippen LogP contribution is 2.42. The number of hydrogen-bond acceptors (Lipinski definition) is 5. The van der Waals surface area contributed by atoms with Gasteiger partial charge in [0.25, 0.3) is 0 Å². The minimum absolute atomic E-state index is 0.133. The van der Waals surface area contributed by atoms with Gasteiger partial charge < -0.3 is 15.4 Å². The second-order valence-electron chi connectivity index (χ2n) is 9.34. The van der Waals surface area contributed by atoms with Crippen LogP contribution in [0.15, 0.2) is 67.1 Å². The van der Waals surface area contributed by atoms with Crippen LogP contribution in [0.3, 0.4) is 0 Å². The van der Waals surface area contributed by atoms with Gasteiger partial charge in [0.2, 0.25) is 0 Å². The summed E-state index contributed by atoms with van der Waals surface area (Å²) in [4.78, 5) is 25.2. The number of halogens is 1. The first kappa shape index (κ1) is 22.5. The van der Waals surface area contributed by atoms with E-state index in [0.29, 0.717) is 23.7 Å². The van der Waals surface area contributed by atoms with Crippen LogP contribution in [0.1, 0.15) is 31.7 Å². The van der Waals surface area contributed by atoms with Gasteiger partial charge in [0, 0.05) is 39.3 Å². The summed E-state index contributed by atoms with van der Waals surface area (Å²) >= 11 is 6.81. The molecule has 180 valence electrons. The first-order valence-corrected chi connectivity index (χ1v) is 12.4. The molecule has 2 aromatic carbocycles. The van der Waals surface area contributed by atoms with Crippen LogP contribution in [-0.2, 0) is 4.79 Å². The lowest BCUT2D eigenvalue weighted by Crippen LogP contribution is -2.23. The predicted molar refractivity (Wildman–Crippen MR) is 142 cm³/mol. The number of nitrogen functional groups attached to an aromatic ring is 1. The third kappa shape index (κ3) is 3.85. The zero-order chi connectivity index (χ0) is 24.8. The Morgan fingerprint density at radius 3 is 2.53 bits per heavy atom. The Labute approximate surface area is 212 Å². The highest BCUT2D eigenvalue weighted by atomic mass is 35.5. The molecule has 1 saturated carbocycles. The van der Waals surface area contributed by atoms with Crippen LogP contribution >= 0.6 is 11.6 Å². The molecule has 5 aromatic rings. The predicted octanol–water partition coefficient (Wildman–Crippen LogP) is 6.37. The fraction of sp³-hybridized carbons (Fsp3) is 0.214. The lowest BCUT2D eigenvalue weighted by molar-refractivity contribution is -0.143. The van der Waals surface area contributed by atoms with Crippen molar-refractivity contribution in [3.63, 3.8) is 0 Å². The molecule has 0 unspecified atom stereocenters. The lowest BCUT2D eigenvalue weighted by atomic mass is 9.86. The summed E-state index contributed by atoms with van der Waals surface area (Å²) in [5, 5.41) is 11.7. The summed E-state index contributed by atoms with van der Waals surface area (Å²) in [7, 11) is 0. The monoisotopic (exact) mass is 497 g/mol. The maximum atomic E-state index is 11.4. The Hall–Kier alpha value is -3.97. The minimum Gasteiger partial charge on any atom is -0.481 e. The number of nitrogens with two attached hydrogens (primary N) is 1. The molecule has 36 heavy (non-hydrogen) atoms. The van der Waals surface area contributed by atoms with Crippen LogP contribution in [0.4, 0.5) is 5.82 Å². The van der Waals surface area contributed by atoms with Crippen LogP contribution in [-0.4, -0.2) is 30.6 Å². The van der Waals surface area contributed by atoms with Gasteiger partial charge in [-0.25, -0.2) is 15.0 Å². The van der Waals surface area contributed by atoms with Crippen molar-refractivity contribution in [3.05, 3.63) is 72.1 Å². The number of aromatic nitrogens is 4. The lowest BCUT2D eigenvalue weighted by Gasteiger charge is -2.27. The fourth-order valence-corrected chi connectivity index (χ4v) is 5.59. The normalized spacial score (nSPS) is 18.0. The van der Waals surface area contributed by atoms with Gasteiger partial charge in [-0.15, -0.1) is 0 Å². The molecule has 8 heteroatoms. The van der Waals surface area contributed by atoms with E-state index in [1.54, 1.807) is 0 Å². The summed E-state index contributed by atoms with van der Waals surface area (Å²) in [6, 6.07) is 18.1. The van der Waals surface area contributed by atoms with Gasteiger partial charge in [0.1, 0.15) is 17.8 Å². The number of rotatable bonds is 4. The van der Waals surface area contributed by atoms with Crippen molar-refractivity contribution in [1.29, 1.82) is 0 Å². The zero-order valence-electron chi connectivity index (χ0n) is 19.4. The molecule has 0 bridgehead atoms. The Morgan fingerprint density at radius 1 is 1.00 bits per heavy atom. The number of pyridine rings is 1. The zero-order valence-corrected chi connectivity index (χ0v) is 20.2. The molecule has 3 N–H and O–H groups in total. The van der Waals surface area contributed by atoms with E-state index in [2.05, 4.69) is 14.5 Å². The second-order valence-corrected chi connectivity index (χ2v) is 9.75. The van der Waals surface area contributed by atoms with Crippen molar-refractivity contribution in [2.45, 2.75) is 31.7 Å². The van der Waals surface area contributed by atoms with Gasteiger partial charge in [-0.2, -0.15) is 0 Å². The van der Waals surface area contributed by atoms with Crippen molar-refractivity contribution in [3.8, 4) is 22.4 Å². The summed E-state index contributed by atoms with van der Waals surface area (Å²) in [5.41, 5.74) is 11.5. The molecule has 3 heterocycles. The molecule has 7 nitrogen and oxygen atoms in total. The molecule has 0 radical (unpaired) electrons. The largest absolute Gasteiger partial charge is 0.481 e. The van der Waals surface area contributed by atoms with E-state index in [1.807, 2.05) is 60.8 Å². The molecule has 0 amide bonds. The van der Waals surface area contributed by atoms with Crippen molar-refractivity contribution < 1.29 is 9.90 Å². The van der Waals surface area contributed by atoms with Crippen LogP contribution in [0.5, 0.6) is 0 Å². The third-order valence-corrected chi connectivity index (χ3v) is 7.53. The molecule has 1 aliphatic rings. The van der Waals surface area contributed by atoms with Crippen molar-refractivity contribution in [2.24, 2.45) is 5.92 Å². The van der Waals surface area contributed by atoms with E-state index >= 15 is 0 Å². The van der Waals surface area contributed by atoms with Crippen LogP contribution in [0.2, 0.25) is 5.02 Å². The van der Waals surface area contributed by atoms with Crippen molar-refractivity contribution in [2.75, 3.05) is 5.73 Å². The summed E-state index contributed by atoms with van der Waals surface area (Å²) in [6.45, 7) is 0. The highest BCUT2D eigenvalue weighted by molar-refractivity contribution is 6.34. The summed E-state index contributed by atoms with van der Waals surface area (Å²) in [5.74, 6) is -0.624. The number of nitrogens with zero attached hydrogens (tertiary/aromatic N) is 4. The van der Waals surface area contributed by atoms with Gasteiger partial charge in [0.05, 0.1) is 22.5 Å². The number of aliphatic carboxylic acids is 1. The van der Waals surface area contributed by atoms with Crippen molar-refractivity contribution >= 4 is 45.3 Å². The number of anilines is 1. The summed E-state index contributed by atoms with van der Waals surface area (Å²) in [6.07, 6.45) is 6.30. The quantitative estimate of drug-likeness (QED) is 0.299. The molecule has 6 rings (SSSR count). The second kappa shape index (κ2) is 8.91. The average Bonchev–Trinajstić information content (AvgIpc) is 3.29. The van der Waals surface area contributed by atoms with E-state index in [9.17, 15) is 9.90 Å². The first-order valence-electron chi connectivity index (χ1n) is 12.0. The SMILES string of the molecule is Nc1ncnc2c1c(-c1cc3nc(-c4ccccc4)ccc3cc1Cl)cn2C1CCC(C(=O)O)CC1. The van der Waals surface area contributed by atoms with Gasteiger partial charge in [-0.3, -0.25) is 4.79 Å². The number of benzene rings is 2. The molecular weight excluding hydrogens is 474 g/mol. The Bertz CT molecular complexity index is 1610. The maximum Gasteiger partial charge on any atom is 0.306 e.